The van der Waals surface area contributed by atoms with Crippen molar-refractivity contribution in [1.29, 1.82) is 0 Å². The highest BCUT2D eigenvalue weighted by Gasteiger charge is 2.80. The van der Waals surface area contributed by atoms with Crippen molar-refractivity contribution in [3.63, 3.8) is 0 Å². The molecular weight excluding hydrogens is 1240 g/mol. The second kappa shape index (κ2) is 21.6. The Morgan fingerprint density at radius 1 is 0.936 bits per heavy atom. The molecule has 0 bridgehead atoms. The number of halogens is 5. The van der Waals surface area contributed by atoms with Crippen LogP contribution in [0.4, 0.5) is 13.2 Å². The fourth-order valence-corrected chi connectivity index (χ4v) is 15.5. The van der Waals surface area contributed by atoms with Gasteiger partial charge in [-0.15, -0.1) is 0 Å². The molecule has 5 fully saturated rings. The predicted octanol–water partition coefficient (Wildman–Crippen LogP) is 10.8. The fourth-order valence-electron chi connectivity index (χ4n) is 13.8. The average Bonchev–Trinajstić information content (AvgIpc) is 4.31. The molecule has 78 heavy (non-hydrogen) atoms. The molecule has 0 radical (unpaired) electrons. The molecule has 5 aromatic rings. The standard InChI is InChI=1S/C24H30F2O6.C19H20FNO3.C17H12I2O3/c1-20(2)31-19-9-13-14-8-16(25)15-7-12(28)5-6-21(15,3)23(14,26)17(29)10-22(13,4)24(19,32-20)18(30)11-27;20-15-3-1-13(2-4-15)17-7-8-21-10-14(17)11-22-16-5-6-18-19(9-16)24-12-23-18;1-2-13-15(10-5-3-4-6-14(10)22-13)16(20)9-7-11(18)17(21)12(19)8-9/h5-7,13-14,16-17,19,27,29H,8-11H2,1-4H3;1-6,9,14,17,21H,7-8,10-12H2;3-8,21H,2H2,1H3/t13-,14-,16-,17-,19+,21-,22-,23-,24+;14-,17-;/m00./s1. The van der Waals surface area contributed by atoms with Gasteiger partial charge in [0.05, 0.1) is 31.5 Å². The maximum Gasteiger partial charge on any atom is 0.231 e. The third-order valence-electron chi connectivity index (χ3n) is 17.4. The number of phenols is 1. The fraction of sp³-hybridized carbons (Fsp3) is 0.450. The summed E-state index contributed by atoms with van der Waals surface area (Å²) in [5, 5.41) is 35.3. The zero-order valence-corrected chi connectivity index (χ0v) is 48.1. The number of para-hydroxylation sites is 1. The Morgan fingerprint density at radius 2 is 1.65 bits per heavy atom. The molecule has 11 atom stereocenters. The molecule has 414 valence electrons. The van der Waals surface area contributed by atoms with Crippen LogP contribution in [0.25, 0.3) is 11.0 Å². The third kappa shape index (κ3) is 9.59. The summed E-state index contributed by atoms with van der Waals surface area (Å²) in [6, 6.07) is 23.5. The van der Waals surface area contributed by atoms with Gasteiger partial charge in [-0.3, -0.25) is 14.4 Å². The van der Waals surface area contributed by atoms with E-state index in [-0.39, 0.29) is 49.0 Å². The molecule has 4 aliphatic carbocycles. The molecular formula is C60H62F3I2NO12. The first-order valence-electron chi connectivity index (χ1n) is 26.3. The van der Waals surface area contributed by atoms with E-state index in [2.05, 4.69) is 5.32 Å². The molecule has 13 nitrogen and oxygen atoms in total. The number of aliphatic hydroxyl groups is 2. The van der Waals surface area contributed by atoms with Gasteiger partial charge in [0.15, 0.2) is 45.9 Å². The van der Waals surface area contributed by atoms with E-state index in [0.29, 0.717) is 48.9 Å². The number of hydrogen-bond acceptors (Lipinski definition) is 13. The number of carbonyl (C=O) groups excluding carboxylic acids is 3. The monoisotopic (exact) mass is 1300 g/mol. The van der Waals surface area contributed by atoms with Crippen molar-refractivity contribution in [2.45, 2.75) is 108 Å². The predicted molar refractivity (Wildman–Crippen MR) is 300 cm³/mol. The Hall–Kier alpha value is -4.84. The van der Waals surface area contributed by atoms with Crippen molar-refractivity contribution in [2.24, 2.45) is 28.6 Å². The SMILES string of the molecule is CC1(C)O[C@@H]2C[C@H]3[C@@H]4C[C@H](F)C5=CC(=O)C=C[C@]5(C)[C@@]4(F)[C@@H](O)C[C@]3(C)[C@]2(C(=O)CO)O1.CCc1oc2ccccc2c1C(=O)c1cc(I)c(O)c(I)c1.Fc1ccc([C@@H]2CCNC[C@H]2COc2ccc3c(c2)OCO3)cc1. The van der Waals surface area contributed by atoms with Crippen LogP contribution in [0.1, 0.15) is 93.5 Å². The Morgan fingerprint density at radius 3 is 2.37 bits per heavy atom. The maximum atomic E-state index is 17.1. The van der Waals surface area contributed by atoms with E-state index >= 15 is 8.78 Å². The van der Waals surface area contributed by atoms with Gasteiger partial charge in [0, 0.05) is 52.6 Å². The lowest BCUT2D eigenvalue weighted by atomic mass is 9.44. The molecule has 7 aliphatic rings. The lowest BCUT2D eigenvalue weighted by Gasteiger charge is -2.63. The number of phenolic OH excluding ortho intramolecular Hbond substituents is 1. The summed E-state index contributed by atoms with van der Waals surface area (Å²) in [6.45, 7) is 10.6. The molecule has 0 amide bonds. The van der Waals surface area contributed by atoms with Crippen LogP contribution in [0.2, 0.25) is 0 Å². The normalized spacial score (nSPS) is 31.8. The highest BCUT2D eigenvalue weighted by atomic mass is 127. The van der Waals surface area contributed by atoms with E-state index < -0.39 is 76.3 Å². The molecule has 18 heteroatoms. The second-order valence-electron chi connectivity index (χ2n) is 22.1. The number of rotatable bonds is 9. The number of fused-ring (bicyclic) bond motifs is 9. The molecule has 3 saturated carbocycles. The highest BCUT2D eigenvalue weighted by Crippen LogP contribution is 2.72. The Kier molecular flexibility index (Phi) is 15.6. The van der Waals surface area contributed by atoms with Gasteiger partial charge >= 0.3 is 0 Å². The zero-order chi connectivity index (χ0) is 55.7. The largest absolute Gasteiger partial charge is 0.506 e. The van der Waals surface area contributed by atoms with Gasteiger partial charge in [-0.2, -0.15) is 0 Å². The topological polar surface area (TPSA) is 183 Å². The van der Waals surface area contributed by atoms with Crippen LogP contribution in [0.3, 0.4) is 0 Å². The van der Waals surface area contributed by atoms with Gasteiger partial charge in [-0.05, 0) is 176 Å². The van der Waals surface area contributed by atoms with Crippen LogP contribution < -0.4 is 19.5 Å². The minimum Gasteiger partial charge on any atom is -0.506 e. The lowest BCUT2D eigenvalue weighted by Crippen LogP contribution is -2.71. The number of piperidine rings is 1. The number of ketones is 3. The number of nitrogens with one attached hydrogen (secondary N) is 1. The first kappa shape index (κ1) is 56.4. The minimum atomic E-state index is -2.24. The van der Waals surface area contributed by atoms with Gasteiger partial charge < -0.3 is 48.7 Å². The van der Waals surface area contributed by atoms with Crippen molar-refractivity contribution in [2.75, 3.05) is 33.1 Å². The maximum absolute atomic E-state index is 17.1. The van der Waals surface area contributed by atoms with E-state index in [1.165, 1.54) is 36.8 Å². The summed E-state index contributed by atoms with van der Waals surface area (Å²) in [7, 11) is 0. The van der Waals surface area contributed by atoms with Crippen LogP contribution in [-0.2, 0) is 25.5 Å². The molecule has 2 saturated heterocycles. The number of hydrogen-bond donors (Lipinski definition) is 4. The molecule has 0 spiro atoms. The van der Waals surface area contributed by atoms with Crippen LogP contribution in [0.15, 0.2) is 107 Å². The summed E-state index contributed by atoms with van der Waals surface area (Å²) in [4.78, 5) is 38.0. The summed E-state index contributed by atoms with van der Waals surface area (Å²) >= 11 is 4.06. The highest BCUT2D eigenvalue weighted by molar-refractivity contribution is 14.1. The third-order valence-corrected chi connectivity index (χ3v) is 19.0. The van der Waals surface area contributed by atoms with E-state index in [4.69, 9.17) is 28.1 Å². The van der Waals surface area contributed by atoms with Gasteiger partial charge in [0.1, 0.15) is 41.4 Å². The van der Waals surface area contributed by atoms with Crippen LogP contribution in [-0.4, -0.2) is 101 Å². The van der Waals surface area contributed by atoms with E-state index in [1.807, 2.05) is 107 Å². The van der Waals surface area contributed by atoms with Crippen molar-refractivity contribution < 1.29 is 71.0 Å². The number of Topliss-reactive ketones (excluding diaryl/α,β-unsaturated/α-hetero) is 1. The molecule has 12 rings (SSSR count). The van der Waals surface area contributed by atoms with Crippen molar-refractivity contribution in [3.8, 4) is 23.0 Å². The number of carbonyl (C=O) groups is 3. The summed E-state index contributed by atoms with van der Waals surface area (Å²) in [6.07, 6.45) is 1.53. The van der Waals surface area contributed by atoms with Gasteiger partial charge in [0.2, 0.25) is 6.79 Å². The second-order valence-corrected chi connectivity index (χ2v) is 24.4. The number of ether oxygens (including phenoxy) is 5. The summed E-state index contributed by atoms with van der Waals surface area (Å²) in [5.41, 5.74) is -3.21. The Balaban J connectivity index is 0.000000135. The number of benzene rings is 4. The lowest BCUT2D eigenvalue weighted by molar-refractivity contribution is -0.248. The van der Waals surface area contributed by atoms with Crippen molar-refractivity contribution >= 4 is 73.5 Å². The van der Waals surface area contributed by atoms with Crippen LogP contribution in [0.5, 0.6) is 23.0 Å². The Labute approximate surface area is 477 Å². The number of furan rings is 1. The molecule has 4 N–H and O–H groups in total. The van der Waals surface area contributed by atoms with Crippen molar-refractivity contribution in [1.82, 2.24) is 5.32 Å². The quantitative estimate of drug-likeness (QED) is 0.0809. The minimum absolute atomic E-state index is 0.0550. The van der Waals surface area contributed by atoms with Crippen LogP contribution in [0, 0.1) is 41.5 Å². The molecule has 3 aliphatic heterocycles. The summed E-state index contributed by atoms with van der Waals surface area (Å²) in [5.74, 6) is 0.0955. The molecule has 0 unspecified atom stereocenters. The smallest absolute Gasteiger partial charge is 0.231 e. The average molecular weight is 1300 g/mol. The first-order valence-corrected chi connectivity index (χ1v) is 28.4. The van der Waals surface area contributed by atoms with Gasteiger partial charge in [0.25, 0.3) is 0 Å². The Bertz CT molecular complexity index is 3200. The van der Waals surface area contributed by atoms with Crippen LogP contribution >= 0.6 is 45.2 Å². The number of allylic oxidation sites excluding steroid dienone is 4. The number of aliphatic hydroxyl groups excluding tert-OH is 2. The van der Waals surface area contributed by atoms with Gasteiger partial charge in [-0.1, -0.05) is 50.3 Å². The number of alkyl halides is 2. The number of aryl methyl sites for hydroxylation is 1. The van der Waals surface area contributed by atoms with E-state index in [0.717, 1.165) is 53.8 Å². The van der Waals surface area contributed by atoms with Crippen molar-refractivity contribution in [3.05, 3.63) is 138 Å². The van der Waals surface area contributed by atoms with E-state index in [9.17, 15) is 34.1 Å². The van der Waals surface area contributed by atoms with E-state index in [1.54, 1.807) is 32.9 Å². The molecule has 1 aromatic heterocycles. The molecule has 4 heterocycles. The first-order chi connectivity index (χ1) is 37.1. The van der Waals surface area contributed by atoms with Gasteiger partial charge in [-0.25, -0.2) is 13.2 Å². The summed E-state index contributed by atoms with van der Waals surface area (Å²) < 4.78 is 81.8. The number of aromatic hydroxyl groups is 1. The molecule has 4 aromatic carbocycles. The zero-order valence-electron chi connectivity index (χ0n) is 43.8.